The Balaban J connectivity index is 1.46. The fourth-order valence-corrected chi connectivity index (χ4v) is 4.77. The van der Waals surface area contributed by atoms with E-state index in [2.05, 4.69) is 5.10 Å². The van der Waals surface area contributed by atoms with Crippen molar-refractivity contribution in [3.8, 4) is 0 Å². The first-order chi connectivity index (χ1) is 11.7. The lowest BCUT2D eigenvalue weighted by Gasteiger charge is -2.27. The van der Waals surface area contributed by atoms with Gasteiger partial charge in [0.1, 0.15) is 5.82 Å². The molecule has 7 heteroatoms. The van der Waals surface area contributed by atoms with Crippen LogP contribution in [0.15, 0.2) is 22.3 Å². The zero-order valence-electron chi connectivity index (χ0n) is 13.4. The van der Waals surface area contributed by atoms with Crippen LogP contribution in [0.4, 0.5) is 0 Å². The first-order valence-corrected chi connectivity index (χ1v) is 9.61. The fraction of sp³-hybridized carbons (Fsp3) is 0.588. The molecular formula is C17H20N4O2S. The number of carbonyl (C=O) groups is 1. The number of carbonyl (C=O) groups excluding carboxylic acids is 1. The summed E-state index contributed by atoms with van der Waals surface area (Å²) in [5.74, 6) is 1.61. The second kappa shape index (κ2) is 5.31. The van der Waals surface area contributed by atoms with Gasteiger partial charge in [0.05, 0.1) is 10.9 Å². The quantitative estimate of drug-likeness (QED) is 0.852. The van der Waals surface area contributed by atoms with Gasteiger partial charge in [-0.05, 0) is 43.0 Å². The van der Waals surface area contributed by atoms with E-state index >= 15 is 0 Å². The smallest absolute Gasteiger partial charge is 0.330 e. The molecule has 2 bridgehead atoms. The van der Waals surface area contributed by atoms with Crippen LogP contribution in [0.3, 0.4) is 0 Å². The first-order valence-electron chi connectivity index (χ1n) is 8.73. The highest BCUT2D eigenvalue weighted by molar-refractivity contribution is 7.12. The number of thiophene rings is 1. The van der Waals surface area contributed by atoms with Gasteiger partial charge < -0.3 is 4.90 Å². The number of hydrogen-bond acceptors (Lipinski definition) is 4. The minimum Gasteiger partial charge on any atom is -0.330 e. The lowest BCUT2D eigenvalue weighted by Crippen LogP contribution is -2.42. The van der Waals surface area contributed by atoms with Crippen LogP contribution in [0.1, 0.15) is 41.2 Å². The van der Waals surface area contributed by atoms with Crippen LogP contribution in [0.5, 0.6) is 0 Å². The SMILES string of the molecule is O=C(c1cccs1)N1[C@@H]2CC[C@H]1Cc1nn(CC3CC3)c(=O)n1C2. The summed E-state index contributed by atoms with van der Waals surface area (Å²) in [5.41, 5.74) is 0.00738. The predicted octanol–water partition coefficient (Wildman–Crippen LogP) is 1.75. The van der Waals surface area contributed by atoms with E-state index < -0.39 is 0 Å². The zero-order valence-corrected chi connectivity index (χ0v) is 14.2. The van der Waals surface area contributed by atoms with E-state index in [9.17, 15) is 9.59 Å². The highest BCUT2D eigenvalue weighted by Crippen LogP contribution is 2.33. The van der Waals surface area contributed by atoms with Crippen LogP contribution < -0.4 is 5.69 Å². The Morgan fingerprint density at radius 2 is 2.08 bits per heavy atom. The summed E-state index contributed by atoms with van der Waals surface area (Å²) >= 11 is 1.49. The highest BCUT2D eigenvalue weighted by Gasteiger charge is 2.42. The first kappa shape index (κ1) is 14.5. The van der Waals surface area contributed by atoms with E-state index in [1.54, 1.807) is 4.68 Å². The Hall–Kier alpha value is -1.89. The van der Waals surface area contributed by atoms with Gasteiger partial charge >= 0.3 is 5.69 Å². The number of amides is 1. The molecule has 0 aromatic carbocycles. The topological polar surface area (TPSA) is 60.1 Å². The van der Waals surface area contributed by atoms with E-state index in [4.69, 9.17) is 0 Å². The van der Waals surface area contributed by atoms with Gasteiger partial charge in [0.25, 0.3) is 5.91 Å². The van der Waals surface area contributed by atoms with Crippen molar-refractivity contribution in [1.29, 1.82) is 0 Å². The van der Waals surface area contributed by atoms with Crippen molar-refractivity contribution in [3.63, 3.8) is 0 Å². The van der Waals surface area contributed by atoms with Crippen LogP contribution in [-0.2, 0) is 19.5 Å². The standard InChI is InChI=1S/C17H20N4O2S/c22-16(14-2-1-7-24-14)21-12-5-6-13(21)10-19-15(8-12)18-20(17(19)23)9-11-3-4-11/h1-2,7,11-13H,3-6,8-10H2/t12-,13+/m0/s1. The minimum atomic E-state index is 0.00738. The number of aromatic nitrogens is 3. The van der Waals surface area contributed by atoms with Crippen LogP contribution in [0.25, 0.3) is 0 Å². The Morgan fingerprint density at radius 1 is 1.25 bits per heavy atom. The molecule has 1 aliphatic carbocycles. The molecule has 1 saturated heterocycles. The Labute approximate surface area is 143 Å². The van der Waals surface area contributed by atoms with E-state index in [0.717, 1.165) is 30.1 Å². The average molecular weight is 344 g/mol. The molecule has 2 aromatic heterocycles. The molecule has 2 atom stereocenters. The Kier molecular flexibility index (Phi) is 3.20. The summed E-state index contributed by atoms with van der Waals surface area (Å²) in [7, 11) is 0. The molecule has 0 radical (unpaired) electrons. The third kappa shape index (κ3) is 2.25. The van der Waals surface area contributed by atoms with Gasteiger partial charge in [0.15, 0.2) is 0 Å². The molecule has 0 unspecified atom stereocenters. The normalized spacial score (nSPS) is 25.6. The fourth-order valence-electron chi connectivity index (χ4n) is 4.11. The maximum atomic E-state index is 12.9. The van der Waals surface area contributed by atoms with E-state index in [1.165, 1.54) is 24.2 Å². The summed E-state index contributed by atoms with van der Waals surface area (Å²) in [5, 5.41) is 6.54. The van der Waals surface area contributed by atoms with Gasteiger partial charge in [0.2, 0.25) is 0 Å². The summed E-state index contributed by atoms with van der Waals surface area (Å²) in [6.45, 7) is 1.35. The lowest BCUT2D eigenvalue weighted by molar-refractivity contribution is 0.0670. The zero-order chi connectivity index (χ0) is 16.3. The second-order valence-corrected chi connectivity index (χ2v) is 8.16. The molecule has 24 heavy (non-hydrogen) atoms. The maximum absolute atomic E-state index is 12.9. The van der Waals surface area contributed by atoms with Crippen LogP contribution in [-0.4, -0.2) is 37.2 Å². The summed E-state index contributed by atoms with van der Waals surface area (Å²) in [4.78, 5) is 28.4. The number of fused-ring (bicyclic) bond motifs is 3. The van der Waals surface area contributed by atoms with Crippen molar-refractivity contribution in [3.05, 3.63) is 38.7 Å². The van der Waals surface area contributed by atoms with Gasteiger partial charge in [-0.3, -0.25) is 9.36 Å². The molecule has 0 spiro atoms. The number of rotatable bonds is 3. The van der Waals surface area contributed by atoms with Crippen molar-refractivity contribution in [1.82, 2.24) is 19.2 Å². The minimum absolute atomic E-state index is 0.00738. The lowest BCUT2D eigenvalue weighted by atomic mass is 10.1. The van der Waals surface area contributed by atoms with E-state index in [-0.39, 0.29) is 23.7 Å². The Bertz CT molecular complexity index is 833. The van der Waals surface area contributed by atoms with Crippen molar-refractivity contribution in [2.75, 3.05) is 0 Å². The van der Waals surface area contributed by atoms with Gasteiger partial charge in [-0.15, -0.1) is 11.3 Å². The van der Waals surface area contributed by atoms with Gasteiger partial charge in [0, 0.05) is 25.6 Å². The van der Waals surface area contributed by atoms with Crippen molar-refractivity contribution >= 4 is 17.2 Å². The molecule has 5 rings (SSSR count). The molecule has 1 amide bonds. The molecule has 2 aromatic rings. The molecule has 2 aliphatic heterocycles. The molecule has 4 heterocycles. The monoisotopic (exact) mass is 344 g/mol. The molecule has 0 N–H and O–H groups in total. The van der Waals surface area contributed by atoms with Crippen LogP contribution in [0, 0.1) is 5.92 Å². The third-order valence-electron chi connectivity index (χ3n) is 5.53. The number of hydrogen-bond donors (Lipinski definition) is 0. The van der Waals surface area contributed by atoms with Crippen molar-refractivity contribution in [2.45, 2.75) is 57.3 Å². The molecule has 1 saturated carbocycles. The molecule has 6 nitrogen and oxygen atoms in total. The Morgan fingerprint density at radius 3 is 2.83 bits per heavy atom. The summed E-state index contributed by atoms with van der Waals surface area (Å²) in [6, 6.07) is 4.08. The molecule has 3 aliphatic rings. The van der Waals surface area contributed by atoms with Crippen LogP contribution in [0.2, 0.25) is 0 Å². The predicted molar refractivity (Wildman–Crippen MR) is 90.2 cm³/mol. The van der Waals surface area contributed by atoms with Crippen molar-refractivity contribution in [2.24, 2.45) is 5.92 Å². The third-order valence-corrected chi connectivity index (χ3v) is 6.38. The summed E-state index contributed by atoms with van der Waals surface area (Å²) in [6.07, 6.45) is 5.10. The molecule has 2 fully saturated rings. The van der Waals surface area contributed by atoms with Gasteiger partial charge in [-0.2, -0.15) is 5.10 Å². The van der Waals surface area contributed by atoms with Crippen molar-refractivity contribution < 1.29 is 4.79 Å². The molecule has 126 valence electrons. The molecular weight excluding hydrogens is 324 g/mol. The van der Waals surface area contributed by atoms with E-state index in [1.807, 2.05) is 27.0 Å². The highest BCUT2D eigenvalue weighted by atomic mass is 32.1. The summed E-state index contributed by atoms with van der Waals surface area (Å²) < 4.78 is 3.48. The van der Waals surface area contributed by atoms with Gasteiger partial charge in [-0.25, -0.2) is 9.48 Å². The van der Waals surface area contributed by atoms with E-state index in [0.29, 0.717) is 18.9 Å². The largest absolute Gasteiger partial charge is 0.345 e. The second-order valence-electron chi connectivity index (χ2n) is 7.21. The maximum Gasteiger partial charge on any atom is 0.345 e. The van der Waals surface area contributed by atoms with Crippen LogP contribution >= 0.6 is 11.3 Å². The number of nitrogens with zero attached hydrogens (tertiary/aromatic N) is 4. The average Bonchev–Trinajstić information content (AvgIpc) is 2.99. The van der Waals surface area contributed by atoms with Gasteiger partial charge in [-0.1, -0.05) is 6.07 Å².